The molecule has 0 saturated heterocycles. The van der Waals surface area contributed by atoms with E-state index >= 15 is 0 Å². The van der Waals surface area contributed by atoms with E-state index in [1.54, 1.807) is 18.3 Å². The van der Waals surface area contributed by atoms with Crippen molar-refractivity contribution in [1.82, 2.24) is 9.97 Å². The molecule has 0 unspecified atom stereocenters. The lowest BCUT2D eigenvalue weighted by Gasteiger charge is -2.11. The second-order valence-electron chi connectivity index (χ2n) is 6.36. The third-order valence-corrected chi connectivity index (χ3v) is 4.93. The number of aryl methyl sites for hydroxylation is 1. The Morgan fingerprint density at radius 3 is 2.53 bits per heavy atom. The van der Waals surface area contributed by atoms with Gasteiger partial charge in [0.2, 0.25) is 0 Å². The molecular weight excluding hydrogens is 421 g/mol. The van der Waals surface area contributed by atoms with Crippen molar-refractivity contribution in [3.05, 3.63) is 81.7 Å². The molecule has 0 bridgehead atoms. The zero-order chi connectivity index (χ0) is 21.3. The Bertz CT molecular complexity index is 1060. The SMILES string of the molecule is COc1ncc(C(C#N)=Cc2c(Cl)cncc2Cl)cc1OCCCc1ccccc1. The Balaban J connectivity index is 1.79. The number of pyridine rings is 2. The predicted molar refractivity (Wildman–Crippen MR) is 119 cm³/mol. The second-order valence-corrected chi connectivity index (χ2v) is 7.17. The van der Waals surface area contributed by atoms with Crippen LogP contribution in [-0.4, -0.2) is 23.7 Å². The van der Waals surface area contributed by atoms with Gasteiger partial charge in [0.15, 0.2) is 5.75 Å². The van der Waals surface area contributed by atoms with Gasteiger partial charge in [0.25, 0.3) is 5.88 Å². The first-order valence-electron chi connectivity index (χ1n) is 9.24. The molecule has 30 heavy (non-hydrogen) atoms. The molecule has 2 heterocycles. The zero-order valence-electron chi connectivity index (χ0n) is 16.3. The molecule has 3 rings (SSSR count). The van der Waals surface area contributed by atoms with Crippen LogP contribution in [0.5, 0.6) is 11.6 Å². The lowest BCUT2D eigenvalue weighted by Crippen LogP contribution is -2.03. The van der Waals surface area contributed by atoms with E-state index in [4.69, 9.17) is 32.7 Å². The molecule has 3 aromatic rings. The van der Waals surface area contributed by atoms with Crippen molar-refractivity contribution in [1.29, 1.82) is 5.26 Å². The van der Waals surface area contributed by atoms with Gasteiger partial charge in [0.05, 0.1) is 35.4 Å². The summed E-state index contributed by atoms with van der Waals surface area (Å²) in [6, 6.07) is 14.1. The quantitative estimate of drug-likeness (QED) is 0.324. The number of methoxy groups -OCH3 is 1. The molecule has 7 heteroatoms. The fourth-order valence-corrected chi connectivity index (χ4v) is 3.30. The molecule has 0 saturated carbocycles. The first-order valence-corrected chi connectivity index (χ1v) is 10.00. The van der Waals surface area contributed by atoms with Gasteiger partial charge < -0.3 is 9.47 Å². The van der Waals surface area contributed by atoms with Gasteiger partial charge >= 0.3 is 0 Å². The molecule has 2 aromatic heterocycles. The lowest BCUT2D eigenvalue weighted by molar-refractivity contribution is 0.284. The number of allylic oxidation sites excluding steroid dienone is 1. The van der Waals surface area contributed by atoms with Crippen molar-refractivity contribution in [2.75, 3.05) is 13.7 Å². The summed E-state index contributed by atoms with van der Waals surface area (Å²) in [7, 11) is 1.52. The molecule has 0 fully saturated rings. The molecule has 0 N–H and O–H groups in total. The first kappa shape index (κ1) is 21.6. The van der Waals surface area contributed by atoms with Crippen LogP contribution in [0.1, 0.15) is 23.1 Å². The smallest absolute Gasteiger partial charge is 0.256 e. The van der Waals surface area contributed by atoms with Crippen LogP contribution in [0.2, 0.25) is 10.0 Å². The van der Waals surface area contributed by atoms with Crippen LogP contribution in [0.15, 0.2) is 55.0 Å². The fourth-order valence-electron chi connectivity index (χ4n) is 2.82. The van der Waals surface area contributed by atoms with Crippen LogP contribution in [0.3, 0.4) is 0 Å². The Labute approximate surface area is 185 Å². The van der Waals surface area contributed by atoms with Gasteiger partial charge in [-0.25, -0.2) is 4.98 Å². The molecule has 0 spiro atoms. The Hall–Kier alpha value is -3.07. The van der Waals surface area contributed by atoms with Crippen molar-refractivity contribution < 1.29 is 9.47 Å². The highest BCUT2D eigenvalue weighted by Gasteiger charge is 2.12. The Morgan fingerprint density at radius 2 is 1.87 bits per heavy atom. The average molecular weight is 440 g/mol. The van der Waals surface area contributed by atoms with E-state index in [9.17, 15) is 5.26 Å². The number of hydrogen-bond acceptors (Lipinski definition) is 5. The molecule has 5 nitrogen and oxygen atoms in total. The molecular formula is C23H19Cl2N3O2. The predicted octanol–water partition coefficient (Wildman–Crippen LogP) is 5.87. The monoisotopic (exact) mass is 439 g/mol. The molecule has 0 aliphatic heterocycles. The lowest BCUT2D eigenvalue weighted by atomic mass is 10.1. The number of ether oxygens (including phenoxy) is 2. The van der Waals surface area contributed by atoms with E-state index in [1.807, 2.05) is 18.2 Å². The minimum absolute atomic E-state index is 0.342. The van der Waals surface area contributed by atoms with Crippen LogP contribution >= 0.6 is 23.2 Å². The second kappa shape index (κ2) is 10.6. The third-order valence-electron chi connectivity index (χ3n) is 4.33. The van der Waals surface area contributed by atoms with Gasteiger partial charge in [-0.1, -0.05) is 53.5 Å². The van der Waals surface area contributed by atoms with E-state index in [0.717, 1.165) is 12.8 Å². The third kappa shape index (κ3) is 5.50. The van der Waals surface area contributed by atoms with E-state index in [-0.39, 0.29) is 0 Å². The van der Waals surface area contributed by atoms with E-state index in [0.29, 0.717) is 45.0 Å². The number of rotatable bonds is 8. The maximum Gasteiger partial charge on any atom is 0.256 e. The van der Waals surface area contributed by atoms with Crippen LogP contribution in [0, 0.1) is 11.3 Å². The number of nitrogens with zero attached hydrogens (tertiary/aromatic N) is 3. The molecule has 0 atom stereocenters. The minimum atomic E-state index is 0.342. The Morgan fingerprint density at radius 1 is 1.13 bits per heavy atom. The highest BCUT2D eigenvalue weighted by Crippen LogP contribution is 2.31. The van der Waals surface area contributed by atoms with Crippen molar-refractivity contribution >= 4 is 34.9 Å². The molecule has 0 amide bonds. The van der Waals surface area contributed by atoms with Gasteiger partial charge in [-0.2, -0.15) is 5.26 Å². The standard InChI is InChI=1S/C23H19Cl2N3O2/c1-29-23-22(30-9-5-8-16-6-3-2-4-7-16)11-18(13-28-23)17(12-26)10-19-20(24)14-27-15-21(19)25/h2-4,6-7,10-11,13-15H,5,8-9H2,1H3. The number of hydrogen-bond donors (Lipinski definition) is 0. The number of aromatic nitrogens is 2. The largest absolute Gasteiger partial charge is 0.488 e. The van der Waals surface area contributed by atoms with Crippen LogP contribution in [-0.2, 0) is 6.42 Å². The maximum atomic E-state index is 9.66. The first-order chi connectivity index (χ1) is 14.6. The van der Waals surface area contributed by atoms with Crippen molar-refractivity contribution in [2.24, 2.45) is 0 Å². The van der Waals surface area contributed by atoms with Gasteiger partial charge in [0.1, 0.15) is 0 Å². The highest BCUT2D eigenvalue weighted by atomic mass is 35.5. The summed E-state index contributed by atoms with van der Waals surface area (Å²) in [6.07, 6.45) is 7.84. The van der Waals surface area contributed by atoms with E-state index < -0.39 is 0 Å². The molecule has 0 radical (unpaired) electrons. The fraction of sp³-hybridized carbons (Fsp3) is 0.174. The van der Waals surface area contributed by atoms with Crippen LogP contribution < -0.4 is 9.47 Å². The summed E-state index contributed by atoms with van der Waals surface area (Å²) < 4.78 is 11.2. The average Bonchev–Trinajstić information content (AvgIpc) is 2.77. The van der Waals surface area contributed by atoms with Crippen molar-refractivity contribution in [3.63, 3.8) is 0 Å². The topological polar surface area (TPSA) is 68.0 Å². The number of nitriles is 1. The molecule has 1 aromatic carbocycles. The van der Waals surface area contributed by atoms with Gasteiger partial charge in [-0.3, -0.25) is 4.98 Å². The molecule has 0 aliphatic carbocycles. The van der Waals surface area contributed by atoms with E-state index in [2.05, 4.69) is 28.2 Å². The van der Waals surface area contributed by atoms with Crippen molar-refractivity contribution in [3.8, 4) is 17.7 Å². The van der Waals surface area contributed by atoms with Gasteiger partial charge in [-0.15, -0.1) is 0 Å². The van der Waals surface area contributed by atoms with E-state index in [1.165, 1.54) is 25.1 Å². The number of halogens is 2. The molecule has 0 aliphatic rings. The summed E-state index contributed by atoms with van der Waals surface area (Å²) in [5.74, 6) is 0.826. The number of benzene rings is 1. The summed E-state index contributed by atoms with van der Waals surface area (Å²) >= 11 is 12.3. The van der Waals surface area contributed by atoms with Crippen molar-refractivity contribution in [2.45, 2.75) is 12.8 Å². The summed E-state index contributed by atoms with van der Waals surface area (Å²) in [5.41, 5.74) is 2.68. The van der Waals surface area contributed by atoms with Gasteiger partial charge in [0, 0.05) is 29.7 Å². The van der Waals surface area contributed by atoms with Crippen LogP contribution in [0.4, 0.5) is 0 Å². The summed E-state index contributed by atoms with van der Waals surface area (Å²) in [5, 5.41) is 10.4. The van der Waals surface area contributed by atoms with Gasteiger partial charge in [-0.05, 0) is 30.5 Å². The Kier molecular flexibility index (Phi) is 7.67. The minimum Gasteiger partial charge on any atom is -0.488 e. The summed E-state index contributed by atoms with van der Waals surface area (Å²) in [4.78, 5) is 8.20. The molecule has 152 valence electrons. The summed E-state index contributed by atoms with van der Waals surface area (Å²) in [6.45, 7) is 0.490. The van der Waals surface area contributed by atoms with Crippen LogP contribution in [0.25, 0.3) is 11.6 Å². The zero-order valence-corrected chi connectivity index (χ0v) is 17.8. The normalized spacial score (nSPS) is 11.1. The maximum absolute atomic E-state index is 9.66. The highest BCUT2D eigenvalue weighted by molar-refractivity contribution is 6.37.